The van der Waals surface area contributed by atoms with Gasteiger partial charge in [0.05, 0.1) is 11.3 Å². The zero-order valence-corrected chi connectivity index (χ0v) is 11.9. The number of hydrogen-bond acceptors (Lipinski definition) is 5. The average molecular weight is 287 g/mol. The molecule has 0 spiro atoms. The topological polar surface area (TPSA) is 74.1 Å². The number of nitrogens with zero attached hydrogens (tertiary/aromatic N) is 3. The second kappa shape index (κ2) is 5.31. The molecule has 2 rings (SSSR count). The van der Waals surface area contributed by atoms with Crippen molar-refractivity contribution < 1.29 is 8.42 Å². The molecule has 102 valence electrons. The van der Waals surface area contributed by atoms with Crippen LogP contribution in [0, 0.1) is 11.3 Å². The maximum Gasteiger partial charge on any atom is 0.179 e. The monoisotopic (exact) mass is 287 g/mol. The second-order valence-electron chi connectivity index (χ2n) is 4.29. The van der Waals surface area contributed by atoms with E-state index in [9.17, 15) is 8.42 Å². The molecule has 1 aromatic carbocycles. The van der Waals surface area contributed by atoms with Crippen molar-refractivity contribution in [2.75, 3.05) is 18.2 Å². The molecular formula is C14H13N3O2S. The predicted octanol–water partition coefficient (Wildman–Crippen LogP) is 2.12. The third-order valence-electron chi connectivity index (χ3n) is 2.85. The number of rotatable bonds is 3. The van der Waals surface area contributed by atoms with Gasteiger partial charge in [0.1, 0.15) is 11.0 Å². The van der Waals surface area contributed by atoms with Crippen LogP contribution >= 0.6 is 0 Å². The van der Waals surface area contributed by atoms with Gasteiger partial charge in [0.25, 0.3) is 0 Å². The number of nitriles is 1. The highest BCUT2D eigenvalue weighted by atomic mass is 32.2. The summed E-state index contributed by atoms with van der Waals surface area (Å²) in [5.41, 5.74) is 1.07. The minimum absolute atomic E-state index is 0.134. The number of aromatic nitrogens is 1. The summed E-state index contributed by atoms with van der Waals surface area (Å²) in [6.45, 7) is 0. The van der Waals surface area contributed by atoms with Crippen molar-refractivity contribution in [2.24, 2.45) is 0 Å². The SMILES string of the molecule is CN(c1ccccc1C#N)c1ncccc1S(C)(=O)=O. The van der Waals surface area contributed by atoms with Crippen LogP contribution in [0.4, 0.5) is 11.5 Å². The lowest BCUT2D eigenvalue weighted by molar-refractivity contribution is 0.601. The third-order valence-corrected chi connectivity index (χ3v) is 3.97. The lowest BCUT2D eigenvalue weighted by Crippen LogP contribution is -2.16. The van der Waals surface area contributed by atoms with E-state index in [-0.39, 0.29) is 4.90 Å². The predicted molar refractivity (Wildman–Crippen MR) is 76.6 cm³/mol. The molecule has 20 heavy (non-hydrogen) atoms. The van der Waals surface area contributed by atoms with Crippen LogP contribution < -0.4 is 4.90 Å². The van der Waals surface area contributed by atoms with Crippen LogP contribution in [0.3, 0.4) is 0 Å². The minimum Gasteiger partial charge on any atom is -0.327 e. The Morgan fingerprint density at radius 1 is 1.20 bits per heavy atom. The first kappa shape index (κ1) is 14.0. The number of benzene rings is 1. The molecule has 0 N–H and O–H groups in total. The van der Waals surface area contributed by atoms with Crippen LogP contribution in [0.15, 0.2) is 47.5 Å². The van der Waals surface area contributed by atoms with Crippen LogP contribution in [-0.4, -0.2) is 26.7 Å². The second-order valence-corrected chi connectivity index (χ2v) is 6.27. The number of pyridine rings is 1. The Balaban J connectivity index is 2.61. The highest BCUT2D eigenvalue weighted by molar-refractivity contribution is 7.90. The van der Waals surface area contributed by atoms with E-state index in [0.29, 0.717) is 17.1 Å². The number of sulfone groups is 1. The summed E-state index contributed by atoms with van der Waals surface area (Å²) in [5.74, 6) is 0.303. The molecule has 2 aromatic rings. The Hall–Kier alpha value is -2.39. The van der Waals surface area contributed by atoms with Crippen LogP contribution in [0.5, 0.6) is 0 Å². The molecule has 0 amide bonds. The molecule has 1 aromatic heterocycles. The summed E-state index contributed by atoms with van der Waals surface area (Å²) in [7, 11) is -1.71. The van der Waals surface area contributed by atoms with Gasteiger partial charge in [-0.1, -0.05) is 12.1 Å². The lowest BCUT2D eigenvalue weighted by Gasteiger charge is -2.21. The van der Waals surface area contributed by atoms with Gasteiger partial charge >= 0.3 is 0 Å². The fourth-order valence-electron chi connectivity index (χ4n) is 1.90. The van der Waals surface area contributed by atoms with Crippen LogP contribution in [0.2, 0.25) is 0 Å². The molecular weight excluding hydrogens is 274 g/mol. The fourth-order valence-corrected chi connectivity index (χ4v) is 2.75. The van der Waals surface area contributed by atoms with Crippen molar-refractivity contribution in [3.8, 4) is 6.07 Å². The quantitative estimate of drug-likeness (QED) is 0.864. The van der Waals surface area contributed by atoms with Gasteiger partial charge in [-0.05, 0) is 24.3 Å². The van der Waals surface area contributed by atoms with Gasteiger partial charge in [-0.3, -0.25) is 0 Å². The van der Waals surface area contributed by atoms with E-state index >= 15 is 0 Å². The standard InChI is InChI=1S/C14H13N3O2S/c1-17(12-7-4-3-6-11(12)10-15)14-13(20(2,18)19)8-5-9-16-14/h3-9H,1-2H3. The molecule has 0 saturated carbocycles. The van der Waals surface area contributed by atoms with E-state index in [0.717, 1.165) is 6.26 Å². The van der Waals surface area contributed by atoms with Crippen molar-refractivity contribution in [1.82, 2.24) is 4.98 Å². The summed E-state index contributed by atoms with van der Waals surface area (Å²) in [6, 6.07) is 12.1. The van der Waals surface area contributed by atoms with E-state index in [2.05, 4.69) is 11.1 Å². The van der Waals surface area contributed by atoms with Gasteiger partial charge in [-0.15, -0.1) is 0 Å². The van der Waals surface area contributed by atoms with Crippen LogP contribution in [-0.2, 0) is 9.84 Å². The Bertz CT molecular complexity index is 779. The smallest absolute Gasteiger partial charge is 0.179 e. The van der Waals surface area contributed by atoms with Crippen LogP contribution in [0.1, 0.15) is 5.56 Å². The molecule has 0 saturated heterocycles. The van der Waals surface area contributed by atoms with E-state index in [1.807, 2.05) is 0 Å². The maximum absolute atomic E-state index is 11.8. The van der Waals surface area contributed by atoms with Crippen molar-refractivity contribution in [1.29, 1.82) is 5.26 Å². The lowest BCUT2D eigenvalue weighted by atomic mass is 10.2. The molecule has 5 nitrogen and oxygen atoms in total. The molecule has 0 radical (unpaired) electrons. The molecule has 0 aliphatic rings. The molecule has 1 heterocycles. The Morgan fingerprint density at radius 2 is 1.90 bits per heavy atom. The molecule has 0 bridgehead atoms. The Kier molecular flexibility index (Phi) is 3.72. The summed E-state index contributed by atoms with van der Waals surface area (Å²) >= 11 is 0. The molecule has 0 aliphatic heterocycles. The summed E-state index contributed by atoms with van der Waals surface area (Å²) in [6.07, 6.45) is 2.66. The third kappa shape index (κ3) is 2.63. The van der Waals surface area contributed by atoms with E-state index < -0.39 is 9.84 Å². The molecule has 6 heteroatoms. The Labute approximate surface area is 118 Å². The van der Waals surface area contributed by atoms with E-state index in [1.54, 1.807) is 42.3 Å². The van der Waals surface area contributed by atoms with Gasteiger partial charge in [0.15, 0.2) is 15.7 Å². The zero-order chi connectivity index (χ0) is 14.8. The highest BCUT2D eigenvalue weighted by Crippen LogP contribution is 2.29. The first-order chi connectivity index (χ1) is 9.45. The van der Waals surface area contributed by atoms with Crippen LogP contribution in [0.25, 0.3) is 0 Å². The highest BCUT2D eigenvalue weighted by Gasteiger charge is 2.19. The summed E-state index contributed by atoms with van der Waals surface area (Å²) < 4.78 is 23.6. The van der Waals surface area contributed by atoms with Crippen molar-refractivity contribution in [3.05, 3.63) is 48.2 Å². The molecule has 0 unspecified atom stereocenters. The zero-order valence-electron chi connectivity index (χ0n) is 11.1. The average Bonchev–Trinajstić information content (AvgIpc) is 2.45. The van der Waals surface area contributed by atoms with Crippen molar-refractivity contribution in [3.63, 3.8) is 0 Å². The summed E-state index contributed by atoms with van der Waals surface area (Å²) in [5, 5.41) is 9.13. The Morgan fingerprint density at radius 3 is 2.55 bits per heavy atom. The van der Waals surface area contributed by atoms with Gasteiger partial charge in [0.2, 0.25) is 0 Å². The largest absolute Gasteiger partial charge is 0.327 e. The van der Waals surface area contributed by atoms with Gasteiger partial charge in [0, 0.05) is 19.5 Å². The molecule has 0 fully saturated rings. The van der Waals surface area contributed by atoms with E-state index in [1.165, 1.54) is 12.3 Å². The van der Waals surface area contributed by atoms with E-state index in [4.69, 9.17) is 5.26 Å². The number of anilines is 2. The fraction of sp³-hybridized carbons (Fsp3) is 0.143. The molecule has 0 aliphatic carbocycles. The van der Waals surface area contributed by atoms with Crippen molar-refractivity contribution in [2.45, 2.75) is 4.90 Å². The number of hydrogen-bond donors (Lipinski definition) is 0. The maximum atomic E-state index is 11.8. The minimum atomic E-state index is -3.39. The first-order valence-corrected chi connectivity index (χ1v) is 7.72. The normalized spacial score (nSPS) is 10.8. The first-order valence-electron chi connectivity index (χ1n) is 5.83. The molecule has 0 atom stereocenters. The number of para-hydroxylation sites is 1. The summed E-state index contributed by atoms with van der Waals surface area (Å²) in [4.78, 5) is 5.87. The van der Waals surface area contributed by atoms with Gasteiger partial charge < -0.3 is 4.90 Å². The van der Waals surface area contributed by atoms with Gasteiger partial charge in [-0.2, -0.15) is 5.26 Å². The van der Waals surface area contributed by atoms with Gasteiger partial charge in [-0.25, -0.2) is 13.4 Å². The van der Waals surface area contributed by atoms with Crippen molar-refractivity contribution >= 4 is 21.3 Å².